The largest absolute Gasteiger partial charge is 0.377 e. The van der Waals surface area contributed by atoms with Crippen LogP contribution in [0.5, 0.6) is 0 Å². The van der Waals surface area contributed by atoms with E-state index in [1.165, 1.54) is 44.9 Å². The Bertz CT molecular complexity index is 174. The van der Waals surface area contributed by atoms with Crippen molar-refractivity contribution < 1.29 is 4.74 Å². The Kier molecular flexibility index (Phi) is 4.42. The Labute approximate surface area is 92.7 Å². The number of nitrogens with one attached hydrogen (secondary N) is 1. The fraction of sp³-hybridized carbons (Fsp3) is 1.00. The molecule has 1 saturated carbocycles. The van der Waals surface area contributed by atoms with E-state index in [9.17, 15) is 0 Å². The molecule has 2 atom stereocenters. The van der Waals surface area contributed by atoms with E-state index in [0.717, 1.165) is 6.61 Å². The maximum Gasteiger partial charge on any atom is 0.0741 e. The van der Waals surface area contributed by atoms with Crippen LogP contribution < -0.4 is 11.1 Å². The summed E-state index contributed by atoms with van der Waals surface area (Å²) >= 11 is 0. The molecule has 1 saturated heterocycles. The van der Waals surface area contributed by atoms with Crippen molar-refractivity contribution >= 4 is 0 Å². The van der Waals surface area contributed by atoms with E-state index in [4.69, 9.17) is 10.5 Å². The molecule has 0 radical (unpaired) electrons. The van der Waals surface area contributed by atoms with Crippen molar-refractivity contribution in [1.29, 1.82) is 0 Å². The summed E-state index contributed by atoms with van der Waals surface area (Å²) in [6.07, 6.45) is 9.56. The highest BCUT2D eigenvalue weighted by Crippen LogP contribution is 2.20. The average molecular weight is 212 g/mol. The van der Waals surface area contributed by atoms with Crippen LogP contribution in [0.4, 0.5) is 0 Å². The fourth-order valence-electron chi connectivity index (χ4n) is 2.82. The predicted molar refractivity (Wildman–Crippen MR) is 61.8 cm³/mol. The molecule has 0 aromatic heterocycles. The van der Waals surface area contributed by atoms with E-state index in [2.05, 4.69) is 5.32 Å². The summed E-state index contributed by atoms with van der Waals surface area (Å²) < 4.78 is 5.71. The summed E-state index contributed by atoms with van der Waals surface area (Å²) in [5.74, 6) is 0. The molecule has 88 valence electrons. The van der Waals surface area contributed by atoms with Gasteiger partial charge >= 0.3 is 0 Å². The summed E-state index contributed by atoms with van der Waals surface area (Å²) in [7, 11) is 0. The Morgan fingerprint density at radius 1 is 1.13 bits per heavy atom. The fourth-order valence-corrected chi connectivity index (χ4v) is 2.82. The molecule has 2 unspecified atom stereocenters. The van der Waals surface area contributed by atoms with Crippen molar-refractivity contribution in [2.24, 2.45) is 5.73 Å². The number of nitrogens with two attached hydrogens (primary N) is 1. The van der Waals surface area contributed by atoms with Gasteiger partial charge in [0.05, 0.1) is 6.10 Å². The maximum atomic E-state index is 5.83. The summed E-state index contributed by atoms with van der Waals surface area (Å²) in [6, 6.07) is 1.08. The van der Waals surface area contributed by atoms with Gasteiger partial charge in [0.15, 0.2) is 0 Å². The van der Waals surface area contributed by atoms with Crippen molar-refractivity contribution in [2.45, 2.75) is 63.1 Å². The minimum absolute atomic E-state index is 0.372. The van der Waals surface area contributed by atoms with Gasteiger partial charge < -0.3 is 15.8 Å². The first kappa shape index (κ1) is 11.4. The van der Waals surface area contributed by atoms with Crippen LogP contribution in [0.3, 0.4) is 0 Å². The summed E-state index contributed by atoms with van der Waals surface area (Å²) in [5, 5.41) is 3.70. The van der Waals surface area contributed by atoms with Gasteiger partial charge in [-0.1, -0.05) is 19.3 Å². The molecule has 2 aliphatic rings. The second-order valence-corrected chi connectivity index (χ2v) is 4.90. The average Bonchev–Trinajstić information content (AvgIpc) is 2.81. The van der Waals surface area contributed by atoms with Crippen molar-refractivity contribution in [3.8, 4) is 0 Å². The predicted octanol–water partition coefficient (Wildman–Crippen LogP) is 1.41. The van der Waals surface area contributed by atoms with Crippen LogP contribution in [0.2, 0.25) is 0 Å². The van der Waals surface area contributed by atoms with Crippen LogP contribution in [0.15, 0.2) is 0 Å². The highest BCUT2D eigenvalue weighted by atomic mass is 16.5. The van der Waals surface area contributed by atoms with E-state index < -0.39 is 0 Å². The molecule has 3 nitrogen and oxygen atoms in total. The molecule has 2 fully saturated rings. The summed E-state index contributed by atoms with van der Waals surface area (Å²) in [5.41, 5.74) is 5.83. The third kappa shape index (κ3) is 3.16. The lowest BCUT2D eigenvalue weighted by atomic mass is 9.94. The van der Waals surface area contributed by atoms with Gasteiger partial charge in [0.2, 0.25) is 0 Å². The second-order valence-electron chi connectivity index (χ2n) is 4.90. The number of rotatable bonds is 4. The van der Waals surface area contributed by atoms with E-state index in [-0.39, 0.29) is 0 Å². The Morgan fingerprint density at radius 2 is 1.93 bits per heavy atom. The minimum Gasteiger partial charge on any atom is -0.377 e. The van der Waals surface area contributed by atoms with Crippen LogP contribution >= 0.6 is 0 Å². The molecular weight excluding hydrogens is 188 g/mol. The topological polar surface area (TPSA) is 47.3 Å². The molecule has 0 aromatic rings. The van der Waals surface area contributed by atoms with Crippen LogP contribution in [-0.4, -0.2) is 31.3 Å². The van der Waals surface area contributed by atoms with E-state index in [1.54, 1.807) is 0 Å². The van der Waals surface area contributed by atoms with E-state index >= 15 is 0 Å². The van der Waals surface area contributed by atoms with Crippen molar-refractivity contribution in [3.05, 3.63) is 0 Å². The zero-order valence-corrected chi connectivity index (χ0v) is 9.58. The van der Waals surface area contributed by atoms with Crippen LogP contribution in [0, 0.1) is 0 Å². The Hall–Kier alpha value is -0.120. The summed E-state index contributed by atoms with van der Waals surface area (Å²) in [6.45, 7) is 1.63. The van der Waals surface area contributed by atoms with Gasteiger partial charge in [-0.05, 0) is 25.7 Å². The van der Waals surface area contributed by atoms with E-state index in [0.29, 0.717) is 24.7 Å². The lowest BCUT2D eigenvalue weighted by molar-refractivity contribution is 0.0744. The zero-order valence-electron chi connectivity index (χ0n) is 9.58. The van der Waals surface area contributed by atoms with Gasteiger partial charge in [-0.3, -0.25) is 0 Å². The first-order valence-corrected chi connectivity index (χ1v) is 6.48. The van der Waals surface area contributed by atoms with Gasteiger partial charge in [-0.2, -0.15) is 0 Å². The molecule has 2 rings (SSSR count). The standard InChI is InChI=1S/C12H24N2O/c13-9-11(12-7-4-8-15-12)14-10-5-2-1-3-6-10/h10-12,14H,1-9,13H2. The Morgan fingerprint density at radius 3 is 2.53 bits per heavy atom. The van der Waals surface area contributed by atoms with Gasteiger partial charge in [-0.15, -0.1) is 0 Å². The molecule has 0 bridgehead atoms. The normalized spacial score (nSPS) is 30.6. The molecule has 15 heavy (non-hydrogen) atoms. The third-order valence-corrected chi connectivity index (χ3v) is 3.72. The molecule has 3 heteroatoms. The molecule has 3 N–H and O–H groups in total. The first-order chi connectivity index (χ1) is 7.40. The molecule has 0 spiro atoms. The Balaban J connectivity index is 1.78. The zero-order chi connectivity index (χ0) is 10.5. The third-order valence-electron chi connectivity index (χ3n) is 3.72. The minimum atomic E-state index is 0.372. The van der Waals surface area contributed by atoms with E-state index in [1.807, 2.05) is 0 Å². The molecule has 1 aliphatic heterocycles. The molecule has 0 amide bonds. The SMILES string of the molecule is NCC(NC1CCCCC1)C1CCCO1. The lowest BCUT2D eigenvalue weighted by Crippen LogP contribution is -2.50. The highest BCUT2D eigenvalue weighted by molar-refractivity contribution is 4.85. The lowest BCUT2D eigenvalue weighted by Gasteiger charge is -2.30. The monoisotopic (exact) mass is 212 g/mol. The van der Waals surface area contributed by atoms with Gasteiger partial charge in [0.1, 0.15) is 0 Å². The van der Waals surface area contributed by atoms with Crippen molar-refractivity contribution in [1.82, 2.24) is 5.32 Å². The second kappa shape index (κ2) is 5.83. The molecule has 1 heterocycles. The van der Waals surface area contributed by atoms with Crippen LogP contribution in [0.25, 0.3) is 0 Å². The summed E-state index contributed by atoms with van der Waals surface area (Å²) in [4.78, 5) is 0. The van der Waals surface area contributed by atoms with Gasteiger partial charge in [0, 0.05) is 25.2 Å². The van der Waals surface area contributed by atoms with Gasteiger partial charge in [-0.25, -0.2) is 0 Å². The quantitative estimate of drug-likeness (QED) is 0.741. The molecule has 1 aliphatic carbocycles. The van der Waals surface area contributed by atoms with Crippen LogP contribution in [-0.2, 0) is 4.74 Å². The van der Waals surface area contributed by atoms with Gasteiger partial charge in [0.25, 0.3) is 0 Å². The van der Waals surface area contributed by atoms with Crippen LogP contribution in [0.1, 0.15) is 44.9 Å². The molecular formula is C12H24N2O. The number of hydrogen-bond donors (Lipinski definition) is 2. The highest BCUT2D eigenvalue weighted by Gasteiger charge is 2.27. The number of ether oxygens (including phenoxy) is 1. The number of hydrogen-bond acceptors (Lipinski definition) is 3. The molecule has 0 aromatic carbocycles. The first-order valence-electron chi connectivity index (χ1n) is 6.48. The smallest absolute Gasteiger partial charge is 0.0741 e. The maximum absolute atomic E-state index is 5.83. The van der Waals surface area contributed by atoms with Crippen molar-refractivity contribution in [3.63, 3.8) is 0 Å². The van der Waals surface area contributed by atoms with Crippen molar-refractivity contribution in [2.75, 3.05) is 13.2 Å².